The Kier molecular flexibility index (Phi) is 5.21. The second kappa shape index (κ2) is 7.25. The Morgan fingerprint density at radius 1 is 1.23 bits per heavy atom. The summed E-state index contributed by atoms with van der Waals surface area (Å²) in [7, 11) is 0. The first-order valence-electron chi connectivity index (χ1n) is 9.19. The number of amides is 1. The lowest BCUT2D eigenvalue weighted by atomic mass is 9.54. The van der Waals surface area contributed by atoms with Crippen molar-refractivity contribution >= 4 is 16.7 Å². The van der Waals surface area contributed by atoms with Crippen LogP contribution in [0.5, 0.6) is 5.75 Å². The monoisotopic (exact) mass is 356 g/mol. The SMILES string of the molecule is CCOC1CC(N)(C(=O)NCCOc2ccc3ccccc3c2)C1(C)C. The summed E-state index contributed by atoms with van der Waals surface area (Å²) in [5.41, 5.74) is 5.09. The Morgan fingerprint density at radius 3 is 2.65 bits per heavy atom. The van der Waals surface area contributed by atoms with Crippen molar-refractivity contribution in [2.75, 3.05) is 19.8 Å². The van der Waals surface area contributed by atoms with Crippen molar-refractivity contribution in [1.29, 1.82) is 0 Å². The van der Waals surface area contributed by atoms with Crippen molar-refractivity contribution in [3.8, 4) is 5.75 Å². The number of hydrogen-bond acceptors (Lipinski definition) is 4. The van der Waals surface area contributed by atoms with Gasteiger partial charge in [0.05, 0.1) is 12.6 Å². The van der Waals surface area contributed by atoms with Crippen molar-refractivity contribution in [3.05, 3.63) is 42.5 Å². The lowest BCUT2D eigenvalue weighted by molar-refractivity contribution is -0.170. The van der Waals surface area contributed by atoms with E-state index in [1.165, 1.54) is 5.39 Å². The first-order chi connectivity index (χ1) is 12.4. The van der Waals surface area contributed by atoms with Crippen LogP contribution in [-0.4, -0.2) is 37.3 Å². The van der Waals surface area contributed by atoms with E-state index in [4.69, 9.17) is 15.2 Å². The number of hydrogen-bond donors (Lipinski definition) is 2. The van der Waals surface area contributed by atoms with E-state index in [0.29, 0.717) is 26.2 Å². The quantitative estimate of drug-likeness (QED) is 0.748. The van der Waals surface area contributed by atoms with E-state index in [2.05, 4.69) is 17.4 Å². The van der Waals surface area contributed by atoms with E-state index in [9.17, 15) is 4.79 Å². The second-order valence-electron chi connectivity index (χ2n) is 7.45. The van der Waals surface area contributed by atoms with Gasteiger partial charge in [0.1, 0.15) is 17.9 Å². The summed E-state index contributed by atoms with van der Waals surface area (Å²) >= 11 is 0. The molecule has 0 spiro atoms. The van der Waals surface area contributed by atoms with Crippen molar-refractivity contribution in [3.63, 3.8) is 0 Å². The summed E-state index contributed by atoms with van der Waals surface area (Å²) in [6, 6.07) is 14.1. The third kappa shape index (κ3) is 3.29. The number of carbonyl (C=O) groups excluding carboxylic acids is 1. The van der Waals surface area contributed by atoms with Crippen LogP contribution in [0, 0.1) is 5.41 Å². The molecule has 2 unspecified atom stereocenters. The summed E-state index contributed by atoms with van der Waals surface area (Å²) in [5.74, 6) is 0.654. The molecular formula is C21H28N2O3. The molecule has 0 aliphatic heterocycles. The van der Waals surface area contributed by atoms with E-state index in [1.54, 1.807) is 0 Å². The van der Waals surface area contributed by atoms with E-state index in [-0.39, 0.29) is 17.4 Å². The number of nitrogens with one attached hydrogen (secondary N) is 1. The normalized spacial score (nSPS) is 24.1. The van der Waals surface area contributed by atoms with Crippen LogP contribution < -0.4 is 15.8 Å². The van der Waals surface area contributed by atoms with Crippen molar-refractivity contribution in [1.82, 2.24) is 5.32 Å². The van der Waals surface area contributed by atoms with Gasteiger partial charge in [-0.1, -0.05) is 44.2 Å². The first-order valence-corrected chi connectivity index (χ1v) is 9.19. The van der Waals surface area contributed by atoms with Gasteiger partial charge in [-0.3, -0.25) is 4.79 Å². The molecule has 26 heavy (non-hydrogen) atoms. The van der Waals surface area contributed by atoms with E-state index in [0.717, 1.165) is 11.1 Å². The highest BCUT2D eigenvalue weighted by molar-refractivity contribution is 5.88. The minimum Gasteiger partial charge on any atom is -0.492 e. The largest absolute Gasteiger partial charge is 0.492 e. The number of nitrogens with two attached hydrogens (primary N) is 1. The van der Waals surface area contributed by atoms with Crippen molar-refractivity contribution in [2.45, 2.75) is 38.8 Å². The predicted octanol–water partition coefficient (Wildman–Crippen LogP) is 2.87. The van der Waals surface area contributed by atoms with Crippen LogP contribution in [-0.2, 0) is 9.53 Å². The topological polar surface area (TPSA) is 73.6 Å². The van der Waals surface area contributed by atoms with Crippen molar-refractivity contribution < 1.29 is 14.3 Å². The molecular weight excluding hydrogens is 328 g/mol. The van der Waals surface area contributed by atoms with Gasteiger partial charge in [-0.05, 0) is 29.8 Å². The van der Waals surface area contributed by atoms with Crippen LogP contribution in [0.2, 0.25) is 0 Å². The van der Waals surface area contributed by atoms with Gasteiger partial charge < -0.3 is 20.5 Å². The maximum atomic E-state index is 12.6. The molecule has 1 fully saturated rings. The van der Waals surface area contributed by atoms with Gasteiger partial charge in [-0.2, -0.15) is 0 Å². The lowest BCUT2D eigenvalue weighted by Gasteiger charge is -2.57. The Bertz CT molecular complexity index is 790. The van der Waals surface area contributed by atoms with Gasteiger partial charge in [0, 0.05) is 18.4 Å². The fraction of sp³-hybridized carbons (Fsp3) is 0.476. The van der Waals surface area contributed by atoms with E-state index in [1.807, 2.05) is 51.1 Å². The van der Waals surface area contributed by atoms with E-state index < -0.39 is 5.54 Å². The Balaban J connectivity index is 1.49. The summed E-state index contributed by atoms with van der Waals surface area (Å²) < 4.78 is 11.4. The average molecular weight is 356 g/mol. The summed E-state index contributed by atoms with van der Waals surface area (Å²) in [4.78, 5) is 12.6. The minimum absolute atomic E-state index is 0.0251. The summed E-state index contributed by atoms with van der Waals surface area (Å²) in [6.07, 6.45) is 0.572. The molecule has 2 aromatic rings. The molecule has 3 N–H and O–H groups in total. The Hall–Kier alpha value is -2.11. The van der Waals surface area contributed by atoms with Gasteiger partial charge in [-0.25, -0.2) is 0 Å². The number of benzene rings is 2. The average Bonchev–Trinajstić information content (AvgIpc) is 2.64. The highest BCUT2D eigenvalue weighted by Crippen LogP contribution is 2.49. The highest BCUT2D eigenvalue weighted by Gasteiger charge is 2.62. The molecule has 0 heterocycles. The lowest BCUT2D eigenvalue weighted by Crippen LogP contribution is -2.75. The van der Waals surface area contributed by atoms with Crippen LogP contribution in [0.1, 0.15) is 27.2 Å². The van der Waals surface area contributed by atoms with Gasteiger partial charge in [-0.15, -0.1) is 0 Å². The number of ether oxygens (including phenoxy) is 2. The molecule has 2 aromatic carbocycles. The number of fused-ring (bicyclic) bond motifs is 1. The van der Waals surface area contributed by atoms with Crippen LogP contribution in [0.4, 0.5) is 0 Å². The Labute approximate surface area is 154 Å². The predicted molar refractivity (Wildman–Crippen MR) is 103 cm³/mol. The molecule has 0 bridgehead atoms. The zero-order valence-electron chi connectivity index (χ0n) is 15.7. The first kappa shape index (κ1) is 18.7. The van der Waals surface area contributed by atoms with E-state index >= 15 is 0 Å². The van der Waals surface area contributed by atoms with Gasteiger partial charge in [0.25, 0.3) is 0 Å². The maximum Gasteiger partial charge on any atom is 0.240 e. The maximum absolute atomic E-state index is 12.6. The third-order valence-corrected chi connectivity index (χ3v) is 5.61. The zero-order valence-corrected chi connectivity index (χ0v) is 15.7. The summed E-state index contributed by atoms with van der Waals surface area (Å²) in [6.45, 7) is 7.38. The number of rotatable bonds is 7. The standard InChI is InChI=1S/C21H28N2O3/c1-4-25-18-14-21(22,20(18,2)3)19(24)23-11-12-26-17-10-9-15-7-5-6-8-16(15)13-17/h5-10,13,18H,4,11-12,14,22H2,1-3H3,(H,23,24). The fourth-order valence-corrected chi connectivity index (χ4v) is 3.57. The van der Waals surface area contributed by atoms with Crippen LogP contribution in [0.15, 0.2) is 42.5 Å². The summed E-state index contributed by atoms with van der Waals surface area (Å²) in [5, 5.41) is 5.21. The molecule has 5 nitrogen and oxygen atoms in total. The molecule has 3 rings (SSSR count). The van der Waals surface area contributed by atoms with Gasteiger partial charge >= 0.3 is 0 Å². The van der Waals surface area contributed by atoms with Gasteiger partial charge in [0.15, 0.2) is 0 Å². The van der Waals surface area contributed by atoms with Crippen molar-refractivity contribution in [2.24, 2.45) is 11.1 Å². The molecule has 0 saturated heterocycles. The van der Waals surface area contributed by atoms with Crippen LogP contribution >= 0.6 is 0 Å². The molecule has 2 atom stereocenters. The minimum atomic E-state index is -0.893. The zero-order chi connectivity index (χ0) is 18.8. The van der Waals surface area contributed by atoms with Crippen LogP contribution in [0.25, 0.3) is 10.8 Å². The molecule has 0 aromatic heterocycles. The molecule has 140 valence electrons. The molecule has 1 aliphatic carbocycles. The molecule has 1 aliphatic rings. The third-order valence-electron chi connectivity index (χ3n) is 5.61. The fourth-order valence-electron chi connectivity index (χ4n) is 3.57. The molecule has 1 amide bonds. The number of carbonyl (C=O) groups is 1. The second-order valence-corrected chi connectivity index (χ2v) is 7.45. The smallest absolute Gasteiger partial charge is 0.240 e. The molecule has 5 heteroatoms. The molecule has 0 radical (unpaired) electrons. The molecule has 1 saturated carbocycles. The van der Waals surface area contributed by atoms with Gasteiger partial charge in [0.2, 0.25) is 5.91 Å². The highest BCUT2D eigenvalue weighted by atomic mass is 16.5. The Morgan fingerprint density at radius 2 is 1.96 bits per heavy atom. The van der Waals surface area contributed by atoms with Crippen LogP contribution in [0.3, 0.4) is 0 Å².